The summed E-state index contributed by atoms with van der Waals surface area (Å²) in [6.07, 6.45) is -4.47. The number of nitriles is 1. The van der Waals surface area contributed by atoms with E-state index in [0.717, 1.165) is 23.5 Å². The third-order valence-corrected chi connectivity index (χ3v) is 4.20. The SMILES string of the molecule is N#C/C(=C(/O)C(Cl)Br)c1nc2cc(C(F)(F)F)ccc2s1. The minimum absolute atomic E-state index is 0.103. The van der Waals surface area contributed by atoms with Crippen molar-refractivity contribution < 1.29 is 18.3 Å². The van der Waals surface area contributed by atoms with E-state index in [1.54, 1.807) is 6.07 Å². The summed E-state index contributed by atoms with van der Waals surface area (Å²) in [6, 6.07) is 4.86. The van der Waals surface area contributed by atoms with Crippen molar-refractivity contribution in [2.24, 2.45) is 0 Å². The number of hydrogen-bond acceptors (Lipinski definition) is 4. The van der Waals surface area contributed by atoms with Crippen molar-refractivity contribution in [1.29, 1.82) is 5.26 Å². The number of halogens is 5. The summed E-state index contributed by atoms with van der Waals surface area (Å²) in [7, 11) is 0. The lowest BCUT2D eigenvalue weighted by atomic mass is 10.2. The van der Waals surface area contributed by atoms with Crippen LogP contribution in [0.1, 0.15) is 10.6 Å². The van der Waals surface area contributed by atoms with Gasteiger partial charge in [0.05, 0.1) is 15.8 Å². The Morgan fingerprint density at radius 3 is 2.67 bits per heavy atom. The van der Waals surface area contributed by atoms with Crippen molar-refractivity contribution in [3.8, 4) is 6.07 Å². The molecule has 1 N–H and O–H groups in total. The van der Waals surface area contributed by atoms with Gasteiger partial charge in [0.25, 0.3) is 0 Å². The molecule has 2 aromatic rings. The number of fused-ring (bicyclic) bond motifs is 1. The normalized spacial score (nSPS) is 14.7. The van der Waals surface area contributed by atoms with E-state index in [9.17, 15) is 18.3 Å². The molecule has 1 aromatic carbocycles. The summed E-state index contributed by atoms with van der Waals surface area (Å²) in [4.78, 5) is 3.96. The van der Waals surface area contributed by atoms with Crippen LogP contribution in [0.3, 0.4) is 0 Å². The number of rotatable bonds is 2. The molecule has 1 atom stereocenters. The lowest BCUT2D eigenvalue weighted by Crippen LogP contribution is -2.03. The van der Waals surface area contributed by atoms with E-state index in [1.165, 1.54) is 6.07 Å². The molecular weight excluding hydrogens is 393 g/mol. The topological polar surface area (TPSA) is 56.9 Å². The largest absolute Gasteiger partial charge is 0.508 e. The van der Waals surface area contributed by atoms with Gasteiger partial charge in [-0.1, -0.05) is 15.9 Å². The molecule has 0 saturated heterocycles. The number of hydrogen-bond donors (Lipinski definition) is 1. The monoisotopic (exact) mass is 396 g/mol. The van der Waals surface area contributed by atoms with Crippen LogP contribution < -0.4 is 0 Å². The van der Waals surface area contributed by atoms with Gasteiger partial charge in [0.15, 0.2) is 0 Å². The fourth-order valence-electron chi connectivity index (χ4n) is 1.53. The molecule has 1 unspecified atom stereocenters. The molecule has 3 nitrogen and oxygen atoms in total. The average molecular weight is 398 g/mol. The second kappa shape index (κ2) is 5.83. The van der Waals surface area contributed by atoms with Crippen LogP contribution in [-0.2, 0) is 6.18 Å². The van der Waals surface area contributed by atoms with Crippen LogP contribution in [0.4, 0.5) is 13.2 Å². The minimum Gasteiger partial charge on any atom is -0.508 e. The molecular formula is C12H5BrClF3N2OS. The minimum atomic E-state index is -4.47. The molecule has 0 fully saturated rings. The van der Waals surface area contributed by atoms with E-state index in [1.807, 2.05) is 0 Å². The Labute approximate surface area is 134 Å². The standard InChI is InChI=1S/C12H5BrClF3N2OS/c13-10(14)9(20)6(4-18)11-19-7-3-5(12(15,16)17)1-2-8(7)21-11/h1-3,10,20H/b9-6-. The van der Waals surface area contributed by atoms with Crippen molar-refractivity contribution in [2.75, 3.05) is 0 Å². The number of alkyl halides is 5. The Kier molecular flexibility index (Phi) is 4.46. The van der Waals surface area contributed by atoms with Gasteiger partial charge in [-0.25, -0.2) is 4.98 Å². The van der Waals surface area contributed by atoms with Crippen LogP contribution in [0, 0.1) is 11.3 Å². The van der Waals surface area contributed by atoms with Crippen LogP contribution in [0.25, 0.3) is 15.8 Å². The Morgan fingerprint density at radius 1 is 1.48 bits per heavy atom. The zero-order valence-electron chi connectivity index (χ0n) is 9.95. The molecule has 1 aromatic heterocycles. The van der Waals surface area contributed by atoms with Gasteiger partial charge >= 0.3 is 6.18 Å². The number of benzene rings is 1. The van der Waals surface area contributed by atoms with Gasteiger partial charge in [0, 0.05) is 0 Å². The smallest absolute Gasteiger partial charge is 0.416 e. The molecule has 1 heterocycles. The zero-order valence-corrected chi connectivity index (χ0v) is 13.1. The Hall–Kier alpha value is -1.30. The van der Waals surface area contributed by atoms with Gasteiger partial charge in [0.1, 0.15) is 26.7 Å². The second-order valence-corrected chi connectivity index (χ2v) is 6.78. The molecule has 0 aliphatic rings. The first kappa shape index (κ1) is 16.1. The summed E-state index contributed by atoms with van der Waals surface area (Å²) in [5, 5.41) is 18.9. The summed E-state index contributed by atoms with van der Waals surface area (Å²) in [6.45, 7) is 0. The van der Waals surface area contributed by atoms with Crippen LogP contribution in [0.5, 0.6) is 0 Å². The summed E-state index contributed by atoms with van der Waals surface area (Å²) < 4.78 is 37.4. The molecule has 2 rings (SSSR count). The van der Waals surface area contributed by atoms with Crippen LogP contribution in [-0.4, -0.2) is 14.4 Å². The first-order chi connectivity index (χ1) is 9.74. The number of aliphatic hydroxyl groups is 1. The third-order valence-electron chi connectivity index (χ3n) is 2.50. The van der Waals surface area contributed by atoms with E-state index in [-0.39, 0.29) is 16.1 Å². The molecule has 0 spiro atoms. The molecule has 0 amide bonds. The number of nitrogens with zero attached hydrogens (tertiary/aromatic N) is 2. The molecule has 0 radical (unpaired) electrons. The zero-order chi connectivity index (χ0) is 15.8. The summed E-state index contributed by atoms with van der Waals surface area (Å²) >= 11 is 9.51. The average Bonchev–Trinajstić information content (AvgIpc) is 2.80. The van der Waals surface area contributed by atoms with Crippen LogP contribution >= 0.6 is 38.9 Å². The van der Waals surface area contributed by atoms with Gasteiger partial charge in [-0.3, -0.25) is 0 Å². The number of aromatic nitrogens is 1. The highest BCUT2D eigenvalue weighted by atomic mass is 79.9. The maximum Gasteiger partial charge on any atom is 0.416 e. The first-order valence-electron chi connectivity index (χ1n) is 5.33. The van der Waals surface area contributed by atoms with Crippen molar-refractivity contribution >= 4 is 54.7 Å². The number of allylic oxidation sites excluding steroid dienone is 2. The van der Waals surface area contributed by atoms with Gasteiger partial charge in [0.2, 0.25) is 0 Å². The molecule has 0 aliphatic carbocycles. The molecule has 110 valence electrons. The van der Waals surface area contributed by atoms with Crippen LogP contribution in [0.2, 0.25) is 0 Å². The molecule has 9 heteroatoms. The van der Waals surface area contributed by atoms with E-state index in [0.29, 0.717) is 4.70 Å². The van der Waals surface area contributed by atoms with E-state index >= 15 is 0 Å². The molecule has 0 bridgehead atoms. The van der Waals surface area contributed by atoms with Gasteiger partial charge in [-0.15, -0.1) is 22.9 Å². The number of thiazole rings is 1. The van der Waals surface area contributed by atoms with Gasteiger partial charge in [-0.05, 0) is 18.2 Å². The third kappa shape index (κ3) is 3.31. The van der Waals surface area contributed by atoms with Crippen LogP contribution in [0.15, 0.2) is 24.0 Å². The highest BCUT2D eigenvalue weighted by Crippen LogP contribution is 2.35. The van der Waals surface area contributed by atoms with Crippen molar-refractivity contribution in [1.82, 2.24) is 4.98 Å². The fourth-order valence-corrected chi connectivity index (χ4v) is 2.82. The highest BCUT2D eigenvalue weighted by Gasteiger charge is 2.31. The lowest BCUT2D eigenvalue weighted by molar-refractivity contribution is -0.137. The van der Waals surface area contributed by atoms with Crippen molar-refractivity contribution in [2.45, 2.75) is 10.5 Å². The summed E-state index contributed by atoms with van der Waals surface area (Å²) in [5.41, 5.74) is -0.901. The van der Waals surface area contributed by atoms with Gasteiger partial charge < -0.3 is 5.11 Å². The van der Waals surface area contributed by atoms with E-state index in [2.05, 4.69) is 20.9 Å². The first-order valence-corrected chi connectivity index (χ1v) is 7.50. The summed E-state index contributed by atoms with van der Waals surface area (Å²) in [5.74, 6) is -0.436. The lowest BCUT2D eigenvalue weighted by Gasteiger charge is -2.04. The maximum atomic E-state index is 12.6. The van der Waals surface area contributed by atoms with Gasteiger partial charge in [-0.2, -0.15) is 18.4 Å². The predicted molar refractivity (Wildman–Crippen MR) is 78.4 cm³/mol. The highest BCUT2D eigenvalue weighted by molar-refractivity contribution is 9.10. The Bertz CT molecular complexity index is 764. The maximum absolute atomic E-state index is 12.6. The van der Waals surface area contributed by atoms with E-state index in [4.69, 9.17) is 16.9 Å². The Morgan fingerprint density at radius 2 is 2.14 bits per heavy atom. The fraction of sp³-hybridized carbons (Fsp3) is 0.167. The predicted octanol–water partition coefficient (Wildman–Crippen LogP) is 5.07. The quantitative estimate of drug-likeness (QED) is 0.437. The molecule has 21 heavy (non-hydrogen) atoms. The van der Waals surface area contributed by atoms with Crippen molar-refractivity contribution in [3.05, 3.63) is 34.5 Å². The van der Waals surface area contributed by atoms with Crippen molar-refractivity contribution in [3.63, 3.8) is 0 Å². The van der Waals surface area contributed by atoms with E-state index < -0.39 is 21.8 Å². The number of aliphatic hydroxyl groups excluding tert-OH is 1. The Balaban J connectivity index is 2.59. The molecule has 0 aliphatic heterocycles. The second-order valence-electron chi connectivity index (χ2n) is 3.87. The molecule has 0 saturated carbocycles.